The first-order valence-electron chi connectivity index (χ1n) is 7.19. The Labute approximate surface area is 151 Å². The van der Waals surface area contributed by atoms with Crippen LogP contribution in [0, 0.1) is 0 Å². The van der Waals surface area contributed by atoms with Crippen LogP contribution in [-0.2, 0) is 10.0 Å². The monoisotopic (exact) mass is 386 g/mol. The van der Waals surface area contributed by atoms with Gasteiger partial charge in [-0.25, -0.2) is 8.42 Å². The number of sulfonamides is 1. The van der Waals surface area contributed by atoms with Gasteiger partial charge in [0, 0.05) is 17.1 Å². The Bertz CT molecular complexity index is 837. The Hall–Kier alpha value is -1.76. The van der Waals surface area contributed by atoms with Gasteiger partial charge < -0.3 is 5.32 Å². The van der Waals surface area contributed by atoms with E-state index in [2.05, 4.69) is 10.0 Å². The molecule has 5 nitrogen and oxygen atoms in total. The lowest BCUT2D eigenvalue weighted by molar-refractivity contribution is 0.0953. The second-order valence-electron chi connectivity index (χ2n) is 5.01. The Morgan fingerprint density at radius 2 is 1.75 bits per heavy atom. The molecule has 0 unspecified atom stereocenters. The number of nitrogens with one attached hydrogen (secondary N) is 2. The SMILES string of the molecule is CCCNC(=O)c1ccc(S(=O)(=O)Nc2cc(Cl)ccc2Cl)cc1. The molecule has 128 valence electrons. The fourth-order valence-electron chi connectivity index (χ4n) is 1.91. The minimum absolute atomic E-state index is 0.0191. The minimum Gasteiger partial charge on any atom is -0.352 e. The van der Waals surface area contributed by atoms with E-state index in [9.17, 15) is 13.2 Å². The van der Waals surface area contributed by atoms with E-state index in [1.54, 1.807) is 6.07 Å². The predicted molar refractivity (Wildman–Crippen MR) is 96.3 cm³/mol. The Balaban J connectivity index is 2.20. The average molecular weight is 387 g/mol. The topological polar surface area (TPSA) is 75.3 Å². The molecule has 1 amide bonds. The highest BCUT2D eigenvalue weighted by atomic mass is 35.5. The summed E-state index contributed by atoms with van der Waals surface area (Å²) in [6.07, 6.45) is 0.822. The molecule has 0 fully saturated rings. The second kappa shape index (κ2) is 7.88. The lowest BCUT2D eigenvalue weighted by Gasteiger charge is -2.10. The van der Waals surface area contributed by atoms with Crippen LogP contribution in [0.3, 0.4) is 0 Å². The number of carbonyl (C=O) groups is 1. The fraction of sp³-hybridized carbons (Fsp3) is 0.188. The van der Waals surface area contributed by atoms with Gasteiger partial charge in [-0.3, -0.25) is 9.52 Å². The molecule has 8 heteroatoms. The molecule has 0 bridgehead atoms. The summed E-state index contributed by atoms with van der Waals surface area (Å²) in [6, 6.07) is 10.1. The van der Waals surface area contributed by atoms with Crippen molar-refractivity contribution >= 4 is 44.8 Å². The van der Waals surface area contributed by atoms with Gasteiger partial charge >= 0.3 is 0 Å². The largest absolute Gasteiger partial charge is 0.352 e. The molecule has 0 atom stereocenters. The molecule has 0 aliphatic rings. The molecule has 0 heterocycles. The summed E-state index contributed by atoms with van der Waals surface area (Å²) in [6.45, 7) is 2.51. The third-order valence-corrected chi connectivity index (χ3v) is 5.08. The third-order valence-electron chi connectivity index (χ3n) is 3.14. The smallest absolute Gasteiger partial charge is 0.261 e. The quantitative estimate of drug-likeness (QED) is 0.789. The van der Waals surface area contributed by atoms with E-state index in [-0.39, 0.29) is 21.5 Å². The van der Waals surface area contributed by atoms with Crippen LogP contribution < -0.4 is 10.0 Å². The molecule has 2 N–H and O–H groups in total. The van der Waals surface area contributed by atoms with Crippen molar-refractivity contribution in [2.45, 2.75) is 18.2 Å². The van der Waals surface area contributed by atoms with Gasteiger partial charge in [-0.1, -0.05) is 30.1 Å². The van der Waals surface area contributed by atoms with Crippen LogP contribution in [-0.4, -0.2) is 20.9 Å². The molecule has 2 rings (SSSR count). The first kappa shape index (κ1) is 18.6. The molecular weight excluding hydrogens is 371 g/mol. The lowest BCUT2D eigenvalue weighted by Crippen LogP contribution is -2.24. The number of anilines is 1. The summed E-state index contributed by atoms with van der Waals surface area (Å²) >= 11 is 11.8. The van der Waals surface area contributed by atoms with Crippen molar-refractivity contribution in [3.63, 3.8) is 0 Å². The van der Waals surface area contributed by atoms with Crippen molar-refractivity contribution in [3.8, 4) is 0 Å². The Morgan fingerprint density at radius 1 is 1.08 bits per heavy atom. The summed E-state index contributed by atoms with van der Waals surface area (Å²) in [5.74, 6) is -0.244. The number of rotatable bonds is 6. The van der Waals surface area contributed by atoms with Crippen LogP contribution in [0.5, 0.6) is 0 Å². The van der Waals surface area contributed by atoms with Crippen molar-refractivity contribution in [2.75, 3.05) is 11.3 Å². The van der Waals surface area contributed by atoms with Gasteiger partial charge in [0.2, 0.25) is 0 Å². The standard InChI is InChI=1S/C16H16Cl2N2O3S/c1-2-9-19-16(21)11-3-6-13(7-4-11)24(22,23)20-15-10-12(17)5-8-14(15)18/h3-8,10,20H,2,9H2,1H3,(H,19,21). The van der Waals surface area contributed by atoms with Crippen LogP contribution >= 0.6 is 23.2 Å². The molecular formula is C16H16Cl2N2O3S. The zero-order valence-corrected chi connectivity index (χ0v) is 15.2. The zero-order valence-electron chi connectivity index (χ0n) is 12.8. The molecule has 2 aromatic rings. The molecule has 0 saturated heterocycles. The number of carbonyl (C=O) groups excluding carboxylic acids is 1. The van der Waals surface area contributed by atoms with Crippen LogP contribution in [0.4, 0.5) is 5.69 Å². The van der Waals surface area contributed by atoms with Crippen LogP contribution in [0.25, 0.3) is 0 Å². The minimum atomic E-state index is -3.84. The normalized spacial score (nSPS) is 11.1. The van der Waals surface area contributed by atoms with Crippen molar-refractivity contribution in [2.24, 2.45) is 0 Å². The van der Waals surface area contributed by atoms with E-state index in [1.165, 1.54) is 36.4 Å². The van der Waals surface area contributed by atoms with Gasteiger partial charge in [-0.15, -0.1) is 0 Å². The predicted octanol–water partition coefficient (Wildman–Crippen LogP) is 3.93. The van der Waals surface area contributed by atoms with Crippen LogP contribution in [0.15, 0.2) is 47.4 Å². The molecule has 2 aromatic carbocycles. The summed E-state index contributed by atoms with van der Waals surface area (Å²) in [5, 5.41) is 3.32. The molecule has 24 heavy (non-hydrogen) atoms. The molecule has 0 radical (unpaired) electrons. The third kappa shape index (κ3) is 4.63. The van der Waals surface area contributed by atoms with Gasteiger partial charge in [0.15, 0.2) is 0 Å². The highest BCUT2D eigenvalue weighted by Gasteiger charge is 2.17. The Kier molecular flexibility index (Phi) is 6.10. The fourth-order valence-corrected chi connectivity index (χ4v) is 3.37. The molecule has 0 aliphatic carbocycles. The highest BCUT2D eigenvalue weighted by Crippen LogP contribution is 2.27. The molecule has 0 aliphatic heterocycles. The first-order valence-corrected chi connectivity index (χ1v) is 9.43. The van der Waals surface area contributed by atoms with E-state index in [1.807, 2.05) is 6.92 Å². The van der Waals surface area contributed by atoms with E-state index in [4.69, 9.17) is 23.2 Å². The van der Waals surface area contributed by atoms with Gasteiger partial charge in [0.1, 0.15) is 0 Å². The summed E-state index contributed by atoms with van der Waals surface area (Å²) in [4.78, 5) is 11.8. The van der Waals surface area contributed by atoms with Crippen molar-refractivity contribution < 1.29 is 13.2 Å². The number of halogens is 2. The van der Waals surface area contributed by atoms with Crippen LogP contribution in [0.2, 0.25) is 10.0 Å². The maximum atomic E-state index is 12.4. The van der Waals surface area contributed by atoms with Gasteiger partial charge in [0.25, 0.3) is 15.9 Å². The maximum Gasteiger partial charge on any atom is 0.261 e. The molecule has 0 aromatic heterocycles. The van der Waals surface area contributed by atoms with E-state index in [0.717, 1.165) is 6.42 Å². The second-order valence-corrected chi connectivity index (χ2v) is 7.54. The van der Waals surface area contributed by atoms with Crippen molar-refractivity contribution in [3.05, 3.63) is 58.1 Å². The van der Waals surface area contributed by atoms with E-state index < -0.39 is 10.0 Å². The van der Waals surface area contributed by atoms with Crippen molar-refractivity contribution in [1.29, 1.82) is 0 Å². The van der Waals surface area contributed by atoms with Gasteiger partial charge in [-0.05, 0) is 48.9 Å². The maximum absolute atomic E-state index is 12.4. The number of amides is 1. The first-order chi connectivity index (χ1) is 11.3. The molecule has 0 saturated carbocycles. The summed E-state index contributed by atoms with van der Waals surface area (Å²) < 4.78 is 27.2. The van der Waals surface area contributed by atoms with Gasteiger partial charge in [-0.2, -0.15) is 0 Å². The summed E-state index contributed by atoms with van der Waals surface area (Å²) in [5.41, 5.74) is 0.581. The average Bonchev–Trinajstić information content (AvgIpc) is 2.56. The van der Waals surface area contributed by atoms with Crippen LogP contribution in [0.1, 0.15) is 23.7 Å². The van der Waals surface area contributed by atoms with E-state index in [0.29, 0.717) is 17.1 Å². The molecule has 0 spiro atoms. The summed E-state index contributed by atoms with van der Waals surface area (Å²) in [7, 11) is -3.84. The van der Waals surface area contributed by atoms with Crippen molar-refractivity contribution in [1.82, 2.24) is 5.32 Å². The number of hydrogen-bond acceptors (Lipinski definition) is 3. The lowest BCUT2D eigenvalue weighted by atomic mass is 10.2. The van der Waals surface area contributed by atoms with E-state index >= 15 is 0 Å². The number of hydrogen-bond donors (Lipinski definition) is 2. The highest BCUT2D eigenvalue weighted by molar-refractivity contribution is 7.92. The zero-order chi connectivity index (χ0) is 17.7. The van der Waals surface area contributed by atoms with Gasteiger partial charge in [0.05, 0.1) is 15.6 Å². The Morgan fingerprint density at radius 3 is 2.38 bits per heavy atom. The number of benzene rings is 2.